The van der Waals surface area contributed by atoms with Crippen molar-refractivity contribution < 1.29 is 0 Å². The molecule has 2 N–H and O–H groups in total. The van der Waals surface area contributed by atoms with Crippen LogP contribution in [0, 0.1) is 16.7 Å². The summed E-state index contributed by atoms with van der Waals surface area (Å²) in [5.41, 5.74) is 6.89. The van der Waals surface area contributed by atoms with Crippen LogP contribution in [0.4, 0.5) is 11.5 Å². The highest BCUT2D eigenvalue weighted by molar-refractivity contribution is 5.55. The largest absolute Gasteiger partial charge is 0.396 e. The fourth-order valence-electron chi connectivity index (χ4n) is 2.38. The second kappa shape index (κ2) is 4.85. The highest BCUT2D eigenvalue weighted by atomic mass is 15.2. The van der Waals surface area contributed by atoms with Crippen LogP contribution >= 0.6 is 0 Å². The number of nitrogens with zero attached hydrogens (tertiary/aromatic N) is 3. The molecule has 2 heterocycles. The van der Waals surface area contributed by atoms with Gasteiger partial charge in [0.05, 0.1) is 5.69 Å². The Morgan fingerprint density at radius 1 is 1.33 bits per heavy atom. The molecule has 96 valence electrons. The van der Waals surface area contributed by atoms with E-state index in [1.165, 1.54) is 12.8 Å². The lowest BCUT2D eigenvalue weighted by atomic mass is 9.85. The summed E-state index contributed by atoms with van der Waals surface area (Å²) in [6.07, 6.45) is 3.56. The number of hydrogen-bond donors (Lipinski definition) is 1. The zero-order valence-electron chi connectivity index (χ0n) is 11.1. The second-order valence-corrected chi connectivity index (χ2v) is 5.72. The van der Waals surface area contributed by atoms with Crippen molar-refractivity contribution in [2.75, 3.05) is 23.7 Å². The van der Waals surface area contributed by atoms with E-state index in [1.807, 2.05) is 12.1 Å². The fraction of sp³-hybridized carbons (Fsp3) is 0.571. The Kier molecular flexibility index (Phi) is 3.42. The van der Waals surface area contributed by atoms with Crippen molar-refractivity contribution in [1.82, 2.24) is 4.98 Å². The van der Waals surface area contributed by atoms with Crippen LogP contribution in [0.25, 0.3) is 0 Å². The van der Waals surface area contributed by atoms with Crippen LogP contribution in [0.3, 0.4) is 0 Å². The van der Waals surface area contributed by atoms with Gasteiger partial charge in [-0.25, -0.2) is 4.98 Å². The van der Waals surface area contributed by atoms with E-state index in [0.29, 0.717) is 16.8 Å². The van der Waals surface area contributed by atoms with Crippen LogP contribution in [0.5, 0.6) is 0 Å². The molecule has 4 nitrogen and oxygen atoms in total. The molecule has 0 unspecified atom stereocenters. The molecule has 1 fully saturated rings. The zero-order chi connectivity index (χ0) is 13.2. The van der Waals surface area contributed by atoms with Gasteiger partial charge >= 0.3 is 0 Å². The summed E-state index contributed by atoms with van der Waals surface area (Å²) in [4.78, 5) is 6.60. The van der Waals surface area contributed by atoms with E-state index in [1.54, 1.807) is 6.07 Å². The maximum absolute atomic E-state index is 8.97. The number of nitrogens with two attached hydrogens (primary N) is 1. The molecule has 4 heteroatoms. The molecular weight excluding hydrogens is 224 g/mol. The molecule has 1 aromatic rings. The molecule has 1 aliphatic rings. The molecule has 0 aliphatic carbocycles. The molecule has 0 aromatic carbocycles. The first-order valence-electron chi connectivity index (χ1n) is 6.43. The third-order valence-corrected chi connectivity index (χ3v) is 3.68. The van der Waals surface area contributed by atoms with Gasteiger partial charge in [-0.05, 0) is 36.8 Å². The number of rotatable bonds is 1. The van der Waals surface area contributed by atoms with Crippen LogP contribution in [0.1, 0.15) is 38.8 Å². The van der Waals surface area contributed by atoms with Gasteiger partial charge in [-0.2, -0.15) is 5.26 Å². The van der Waals surface area contributed by atoms with E-state index in [0.717, 1.165) is 25.3 Å². The molecular formula is C14H20N4. The van der Waals surface area contributed by atoms with Crippen LogP contribution in [-0.4, -0.2) is 18.1 Å². The number of aromatic nitrogens is 1. The normalized spacial score (nSPS) is 19.1. The van der Waals surface area contributed by atoms with Crippen LogP contribution in [0.15, 0.2) is 12.1 Å². The summed E-state index contributed by atoms with van der Waals surface area (Å²) in [7, 11) is 0. The molecule has 1 saturated heterocycles. The van der Waals surface area contributed by atoms with Gasteiger partial charge in [0, 0.05) is 13.1 Å². The Bertz CT molecular complexity index is 473. The Morgan fingerprint density at radius 2 is 2.11 bits per heavy atom. The van der Waals surface area contributed by atoms with Crippen molar-refractivity contribution in [3.8, 4) is 6.07 Å². The predicted molar refractivity (Wildman–Crippen MR) is 73.2 cm³/mol. The molecule has 0 amide bonds. The van der Waals surface area contributed by atoms with Crippen molar-refractivity contribution in [2.45, 2.75) is 33.1 Å². The fourth-order valence-corrected chi connectivity index (χ4v) is 2.38. The molecule has 0 bridgehead atoms. The minimum atomic E-state index is 0.330. The third-order valence-electron chi connectivity index (χ3n) is 3.68. The molecule has 0 spiro atoms. The van der Waals surface area contributed by atoms with E-state index in [-0.39, 0.29) is 0 Å². The molecule has 1 aliphatic heterocycles. The minimum absolute atomic E-state index is 0.330. The van der Waals surface area contributed by atoms with Gasteiger partial charge in [-0.1, -0.05) is 13.8 Å². The van der Waals surface area contributed by atoms with Crippen LogP contribution < -0.4 is 10.6 Å². The van der Waals surface area contributed by atoms with Crippen molar-refractivity contribution in [3.63, 3.8) is 0 Å². The van der Waals surface area contributed by atoms with Crippen LogP contribution in [0.2, 0.25) is 0 Å². The van der Waals surface area contributed by atoms with Crippen molar-refractivity contribution in [2.24, 2.45) is 5.41 Å². The van der Waals surface area contributed by atoms with Gasteiger partial charge in [0.25, 0.3) is 0 Å². The first-order chi connectivity index (χ1) is 8.52. The SMILES string of the molecule is CC1(C)CCCN(c2ccc(N)c(C#N)n2)CC1. The van der Waals surface area contributed by atoms with Crippen LogP contribution in [-0.2, 0) is 0 Å². The molecule has 1 aromatic heterocycles. The second-order valence-electron chi connectivity index (χ2n) is 5.72. The quantitative estimate of drug-likeness (QED) is 0.824. The predicted octanol–water partition coefficient (Wildman–Crippen LogP) is 2.55. The van der Waals surface area contributed by atoms with Gasteiger partial charge in [0.15, 0.2) is 5.69 Å². The summed E-state index contributed by atoms with van der Waals surface area (Å²) in [5.74, 6) is 0.874. The lowest BCUT2D eigenvalue weighted by Gasteiger charge is -2.24. The Morgan fingerprint density at radius 3 is 2.83 bits per heavy atom. The first-order valence-corrected chi connectivity index (χ1v) is 6.43. The average molecular weight is 244 g/mol. The highest BCUT2D eigenvalue weighted by Crippen LogP contribution is 2.31. The number of nitriles is 1. The molecule has 2 rings (SSSR count). The van der Waals surface area contributed by atoms with E-state index < -0.39 is 0 Å². The Labute approximate surface area is 108 Å². The molecule has 0 saturated carbocycles. The van der Waals surface area contributed by atoms with Gasteiger partial charge in [-0.3, -0.25) is 0 Å². The topological polar surface area (TPSA) is 65.9 Å². The van der Waals surface area contributed by atoms with E-state index >= 15 is 0 Å². The Hall–Kier alpha value is -1.76. The first kappa shape index (κ1) is 12.7. The summed E-state index contributed by atoms with van der Waals surface area (Å²) >= 11 is 0. The van der Waals surface area contributed by atoms with Crippen molar-refractivity contribution >= 4 is 11.5 Å². The summed E-state index contributed by atoms with van der Waals surface area (Å²) in [6, 6.07) is 5.73. The summed E-state index contributed by atoms with van der Waals surface area (Å²) in [5, 5.41) is 8.97. The summed E-state index contributed by atoms with van der Waals surface area (Å²) < 4.78 is 0. The van der Waals surface area contributed by atoms with E-state index in [9.17, 15) is 0 Å². The van der Waals surface area contributed by atoms with Gasteiger partial charge in [0.2, 0.25) is 0 Å². The number of nitrogen functional groups attached to an aromatic ring is 1. The standard InChI is InChI=1S/C14H20N4/c1-14(2)6-3-8-18(9-7-14)13-5-4-11(16)12(10-15)17-13/h4-5H,3,6-9,16H2,1-2H3. The summed E-state index contributed by atoms with van der Waals surface area (Å²) in [6.45, 7) is 6.63. The third kappa shape index (κ3) is 2.73. The molecule has 0 radical (unpaired) electrons. The number of pyridine rings is 1. The van der Waals surface area contributed by atoms with Gasteiger partial charge < -0.3 is 10.6 Å². The van der Waals surface area contributed by atoms with E-state index in [2.05, 4.69) is 23.7 Å². The zero-order valence-corrected chi connectivity index (χ0v) is 11.1. The average Bonchev–Trinajstić information content (AvgIpc) is 2.51. The van der Waals surface area contributed by atoms with Gasteiger partial charge in [-0.15, -0.1) is 0 Å². The number of anilines is 2. The number of hydrogen-bond acceptors (Lipinski definition) is 4. The maximum Gasteiger partial charge on any atom is 0.165 e. The minimum Gasteiger partial charge on any atom is -0.396 e. The van der Waals surface area contributed by atoms with Crippen molar-refractivity contribution in [1.29, 1.82) is 5.26 Å². The maximum atomic E-state index is 8.97. The lowest BCUT2D eigenvalue weighted by molar-refractivity contribution is 0.325. The van der Waals surface area contributed by atoms with Crippen molar-refractivity contribution in [3.05, 3.63) is 17.8 Å². The highest BCUT2D eigenvalue weighted by Gasteiger charge is 2.23. The monoisotopic (exact) mass is 244 g/mol. The van der Waals surface area contributed by atoms with E-state index in [4.69, 9.17) is 11.0 Å². The van der Waals surface area contributed by atoms with Gasteiger partial charge in [0.1, 0.15) is 11.9 Å². The Balaban J connectivity index is 2.19. The molecule has 18 heavy (non-hydrogen) atoms. The lowest BCUT2D eigenvalue weighted by Crippen LogP contribution is -2.26. The smallest absolute Gasteiger partial charge is 0.165 e. The molecule has 0 atom stereocenters.